The number of aromatic nitrogens is 2. The third-order valence-corrected chi connectivity index (χ3v) is 6.28. The zero-order valence-corrected chi connectivity index (χ0v) is 19.6. The van der Waals surface area contributed by atoms with E-state index in [1.165, 1.54) is 0 Å². The van der Waals surface area contributed by atoms with E-state index in [4.69, 9.17) is 9.84 Å². The van der Waals surface area contributed by atoms with Crippen LogP contribution in [0.2, 0.25) is 0 Å². The van der Waals surface area contributed by atoms with Crippen molar-refractivity contribution in [2.75, 3.05) is 26.2 Å². The molecule has 3 aromatic rings. The van der Waals surface area contributed by atoms with Gasteiger partial charge in [-0.15, -0.1) is 0 Å². The number of ether oxygens (including phenoxy) is 1. The minimum Gasteiger partial charge on any atom is -0.488 e. The number of hydrogen-bond donors (Lipinski definition) is 4. The lowest BCUT2D eigenvalue weighted by molar-refractivity contribution is -0.141. The normalized spacial score (nSPS) is 17.7. The Labute approximate surface area is 202 Å². The van der Waals surface area contributed by atoms with Gasteiger partial charge < -0.3 is 25.4 Å². The highest BCUT2D eigenvalue weighted by molar-refractivity contribution is 5.97. The molecular weight excluding hydrogens is 452 g/mol. The van der Waals surface area contributed by atoms with E-state index in [0.717, 1.165) is 52.0 Å². The van der Waals surface area contributed by atoms with Crippen LogP contribution in [-0.2, 0) is 18.3 Å². The summed E-state index contributed by atoms with van der Waals surface area (Å²) in [5.74, 6) is -0.617. The van der Waals surface area contributed by atoms with Gasteiger partial charge in [-0.05, 0) is 48.7 Å². The van der Waals surface area contributed by atoms with Gasteiger partial charge in [0.25, 0.3) is 0 Å². The average Bonchev–Trinajstić information content (AvgIpc) is 3.40. The van der Waals surface area contributed by atoms with Crippen molar-refractivity contribution in [2.45, 2.75) is 31.4 Å². The molecule has 1 aromatic heterocycles. The summed E-state index contributed by atoms with van der Waals surface area (Å²) in [5, 5.41) is 36.6. The average molecular weight is 483 g/mol. The maximum Gasteiger partial charge on any atom is 0.408 e. The van der Waals surface area contributed by atoms with Crippen molar-refractivity contribution in [1.82, 2.24) is 20.0 Å². The van der Waals surface area contributed by atoms with Crippen LogP contribution >= 0.6 is 0 Å². The second-order valence-corrected chi connectivity index (χ2v) is 8.64. The lowest BCUT2D eigenvalue weighted by atomic mass is 9.98. The first-order valence-electron chi connectivity index (χ1n) is 11.6. The fourth-order valence-corrected chi connectivity index (χ4v) is 4.68. The molecule has 1 aliphatic rings. The lowest BCUT2D eigenvalue weighted by Crippen LogP contribution is -2.39. The molecule has 0 spiro atoms. The van der Waals surface area contributed by atoms with Crippen molar-refractivity contribution in [1.29, 1.82) is 0 Å². The SMILES string of the molecule is Cn1nc2cccc(-c3cccc(O[C@H]4C[C@@H](C(=O)O)N(C(=O)O)C4)c3)c2c1CCCNCCO. The molecule has 10 heteroatoms. The second-order valence-electron chi connectivity index (χ2n) is 8.64. The van der Waals surface area contributed by atoms with E-state index in [2.05, 4.69) is 10.4 Å². The van der Waals surface area contributed by atoms with Crippen LogP contribution in [0.3, 0.4) is 0 Å². The van der Waals surface area contributed by atoms with E-state index < -0.39 is 24.2 Å². The third kappa shape index (κ3) is 5.39. The van der Waals surface area contributed by atoms with Crippen molar-refractivity contribution in [3.63, 3.8) is 0 Å². The van der Waals surface area contributed by atoms with E-state index in [1.54, 1.807) is 6.07 Å². The van der Waals surface area contributed by atoms with Gasteiger partial charge in [0.05, 0.1) is 18.7 Å². The Morgan fingerprint density at radius 2 is 1.97 bits per heavy atom. The van der Waals surface area contributed by atoms with Crippen LogP contribution < -0.4 is 10.1 Å². The number of carbonyl (C=O) groups is 2. The van der Waals surface area contributed by atoms with Crippen LogP contribution in [0.1, 0.15) is 18.5 Å². The number of aliphatic carboxylic acids is 1. The summed E-state index contributed by atoms with van der Waals surface area (Å²) < 4.78 is 7.94. The molecule has 35 heavy (non-hydrogen) atoms. The Morgan fingerprint density at radius 1 is 1.17 bits per heavy atom. The first kappa shape index (κ1) is 24.5. The topological polar surface area (TPSA) is 137 Å². The Hall–Kier alpha value is -3.63. The minimum absolute atomic E-state index is 0.00315. The number of rotatable bonds is 10. The summed E-state index contributed by atoms with van der Waals surface area (Å²) in [6.45, 7) is 1.49. The number of hydrogen-bond acceptors (Lipinski definition) is 6. The fourth-order valence-electron chi connectivity index (χ4n) is 4.68. The van der Waals surface area contributed by atoms with Gasteiger partial charge >= 0.3 is 12.1 Å². The number of aliphatic hydroxyl groups is 1. The van der Waals surface area contributed by atoms with Crippen molar-refractivity contribution in [3.8, 4) is 16.9 Å². The third-order valence-electron chi connectivity index (χ3n) is 6.28. The van der Waals surface area contributed by atoms with E-state index in [-0.39, 0.29) is 19.6 Å². The Kier molecular flexibility index (Phi) is 7.52. The van der Waals surface area contributed by atoms with Crippen LogP contribution in [0.5, 0.6) is 5.75 Å². The standard InChI is InChI=1S/C25H30N4O6/c1-28-21(9-4-10-26-11-12-30)23-19(7-3-8-20(23)27-28)16-5-2-6-17(13-16)35-18-14-22(24(31)32)29(15-18)25(33)34/h2-3,5-8,13,18,22,26,30H,4,9-12,14-15H2,1H3,(H,31,32)(H,33,34)/t18-,22-/m0/s1. The Balaban J connectivity index is 1.57. The highest BCUT2D eigenvalue weighted by atomic mass is 16.5. The molecule has 1 saturated heterocycles. The Morgan fingerprint density at radius 3 is 2.69 bits per heavy atom. The Bertz CT molecular complexity index is 1190. The maximum absolute atomic E-state index is 11.5. The number of benzene rings is 2. The predicted molar refractivity (Wildman–Crippen MR) is 130 cm³/mol. The number of carboxylic acid groups (broad SMARTS) is 2. The molecular formula is C25H30N4O6. The summed E-state index contributed by atoms with van der Waals surface area (Å²) in [4.78, 5) is 23.8. The smallest absolute Gasteiger partial charge is 0.408 e. The molecule has 0 unspecified atom stereocenters. The van der Waals surface area contributed by atoms with Gasteiger partial charge in [-0.1, -0.05) is 24.3 Å². The highest BCUT2D eigenvalue weighted by Crippen LogP contribution is 2.34. The van der Waals surface area contributed by atoms with Crippen molar-refractivity contribution < 1.29 is 29.6 Å². The first-order chi connectivity index (χ1) is 16.9. The number of likely N-dealkylation sites (tertiary alicyclic amines) is 1. The first-order valence-corrected chi connectivity index (χ1v) is 11.6. The maximum atomic E-state index is 11.5. The summed E-state index contributed by atoms with van der Waals surface area (Å²) >= 11 is 0. The molecule has 0 aliphatic carbocycles. The molecule has 4 rings (SSSR count). The largest absolute Gasteiger partial charge is 0.488 e. The van der Waals surface area contributed by atoms with E-state index in [9.17, 15) is 19.8 Å². The van der Waals surface area contributed by atoms with Crippen LogP contribution in [0, 0.1) is 0 Å². The number of aryl methyl sites for hydroxylation is 2. The molecule has 0 bridgehead atoms. The van der Waals surface area contributed by atoms with Gasteiger partial charge in [0.2, 0.25) is 0 Å². The summed E-state index contributed by atoms with van der Waals surface area (Å²) in [6, 6.07) is 12.4. The van der Waals surface area contributed by atoms with Crippen molar-refractivity contribution in [3.05, 3.63) is 48.2 Å². The van der Waals surface area contributed by atoms with Crippen LogP contribution in [-0.4, -0.2) is 80.4 Å². The van der Waals surface area contributed by atoms with E-state index >= 15 is 0 Å². The fraction of sp³-hybridized carbons (Fsp3) is 0.400. The molecule has 2 atom stereocenters. The van der Waals surface area contributed by atoms with Crippen LogP contribution in [0.25, 0.3) is 22.0 Å². The second kappa shape index (κ2) is 10.7. The number of aliphatic hydroxyl groups excluding tert-OH is 1. The summed E-state index contributed by atoms with van der Waals surface area (Å²) in [5.41, 5.74) is 3.96. The molecule has 0 radical (unpaired) electrons. The van der Waals surface area contributed by atoms with Crippen LogP contribution in [0.4, 0.5) is 4.79 Å². The van der Waals surface area contributed by atoms with Crippen molar-refractivity contribution >= 4 is 23.0 Å². The predicted octanol–water partition coefficient (Wildman–Crippen LogP) is 2.34. The zero-order chi connectivity index (χ0) is 24.9. The zero-order valence-electron chi connectivity index (χ0n) is 19.6. The minimum atomic E-state index is -1.26. The van der Waals surface area contributed by atoms with Crippen molar-refractivity contribution in [2.24, 2.45) is 7.05 Å². The highest BCUT2D eigenvalue weighted by Gasteiger charge is 2.41. The molecule has 2 aromatic carbocycles. The number of fused-ring (bicyclic) bond motifs is 1. The van der Waals surface area contributed by atoms with Gasteiger partial charge in [-0.3, -0.25) is 9.58 Å². The van der Waals surface area contributed by atoms with E-state index in [0.29, 0.717) is 12.3 Å². The van der Waals surface area contributed by atoms with Gasteiger partial charge in [-0.25, -0.2) is 9.59 Å². The number of amides is 1. The van der Waals surface area contributed by atoms with E-state index in [1.807, 2.05) is 48.1 Å². The molecule has 4 N–H and O–H groups in total. The monoisotopic (exact) mass is 482 g/mol. The quantitative estimate of drug-likeness (QED) is 0.323. The van der Waals surface area contributed by atoms with Crippen LogP contribution in [0.15, 0.2) is 42.5 Å². The summed E-state index contributed by atoms with van der Waals surface area (Å²) in [7, 11) is 1.94. The molecule has 10 nitrogen and oxygen atoms in total. The summed E-state index contributed by atoms with van der Waals surface area (Å²) in [6.07, 6.45) is 0.0117. The molecule has 1 amide bonds. The molecule has 2 heterocycles. The number of carboxylic acids is 1. The lowest BCUT2D eigenvalue weighted by Gasteiger charge is -2.17. The molecule has 0 saturated carbocycles. The van der Waals surface area contributed by atoms with Gasteiger partial charge in [0.1, 0.15) is 17.9 Å². The molecule has 186 valence electrons. The molecule has 1 aliphatic heterocycles. The van der Waals surface area contributed by atoms with Gasteiger partial charge in [-0.2, -0.15) is 5.10 Å². The van der Waals surface area contributed by atoms with Gasteiger partial charge in [0.15, 0.2) is 0 Å². The number of nitrogens with one attached hydrogen (secondary N) is 1. The number of nitrogens with zero attached hydrogens (tertiary/aromatic N) is 3. The van der Waals surface area contributed by atoms with Gasteiger partial charge in [0, 0.05) is 31.1 Å². The molecule has 1 fully saturated rings.